The molecule has 0 aliphatic carbocycles. The summed E-state index contributed by atoms with van der Waals surface area (Å²) in [4.78, 5) is 25.1. The molecule has 1 unspecified atom stereocenters. The zero-order chi connectivity index (χ0) is 14.6. The Hall–Kier alpha value is -1.56. The Morgan fingerprint density at radius 1 is 1.47 bits per heavy atom. The van der Waals surface area contributed by atoms with Crippen molar-refractivity contribution in [1.29, 1.82) is 0 Å². The van der Waals surface area contributed by atoms with Crippen molar-refractivity contribution in [2.24, 2.45) is 0 Å². The van der Waals surface area contributed by atoms with Crippen LogP contribution in [0.1, 0.15) is 26.5 Å². The van der Waals surface area contributed by atoms with Crippen molar-refractivity contribution in [3.05, 3.63) is 11.8 Å². The molecule has 0 saturated carbocycles. The van der Waals surface area contributed by atoms with E-state index in [4.69, 9.17) is 16.1 Å². The Labute approximate surface area is 117 Å². The molecule has 0 fully saturated rings. The smallest absolute Gasteiger partial charge is 0.245 e. The van der Waals surface area contributed by atoms with Gasteiger partial charge in [0.15, 0.2) is 5.82 Å². The van der Waals surface area contributed by atoms with E-state index in [1.54, 1.807) is 19.9 Å². The summed E-state index contributed by atoms with van der Waals surface area (Å²) in [7, 11) is 0. The maximum atomic E-state index is 11.9. The predicted octanol–water partition coefficient (Wildman–Crippen LogP) is 1.79. The van der Waals surface area contributed by atoms with E-state index in [1.807, 2.05) is 13.8 Å². The lowest BCUT2D eigenvalue weighted by Gasteiger charge is -2.26. The number of amides is 2. The Bertz CT molecular complexity index is 457. The highest BCUT2D eigenvalue weighted by molar-refractivity contribution is 6.30. The monoisotopic (exact) mass is 287 g/mol. The van der Waals surface area contributed by atoms with Gasteiger partial charge in [-0.15, -0.1) is 11.6 Å². The highest BCUT2D eigenvalue weighted by Gasteiger charge is 2.23. The average Bonchev–Trinajstić information content (AvgIpc) is 2.70. The van der Waals surface area contributed by atoms with Crippen LogP contribution in [0.4, 0.5) is 5.82 Å². The van der Waals surface area contributed by atoms with Gasteiger partial charge in [0, 0.05) is 12.1 Å². The largest absolute Gasteiger partial charge is 0.360 e. The first-order chi connectivity index (χ1) is 8.81. The van der Waals surface area contributed by atoms with Crippen LogP contribution in [0.25, 0.3) is 0 Å². The molecule has 7 heteroatoms. The van der Waals surface area contributed by atoms with Gasteiger partial charge in [0.25, 0.3) is 0 Å². The number of nitrogens with one attached hydrogen (secondary N) is 1. The van der Waals surface area contributed by atoms with Gasteiger partial charge in [0.05, 0.1) is 0 Å². The van der Waals surface area contributed by atoms with Gasteiger partial charge in [0.1, 0.15) is 17.7 Å². The van der Waals surface area contributed by atoms with Crippen LogP contribution in [-0.2, 0) is 9.59 Å². The number of rotatable bonds is 5. The maximum absolute atomic E-state index is 11.9. The van der Waals surface area contributed by atoms with E-state index in [-0.39, 0.29) is 24.4 Å². The molecule has 0 aliphatic heterocycles. The minimum absolute atomic E-state index is 0.0700. The van der Waals surface area contributed by atoms with Gasteiger partial charge in [0.2, 0.25) is 11.8 Å². The second-order valence-corrected chi connectivity index (χ2v) is 5.20. The molecule has 1 aromatic heterocycles. The van der Waals surface area contributed by atoms with Crippen LogP contribution in [0, 0.1) is 6.92 Å². The molecule has 1 aromatic rings. The third-order valence-electron chi connectivity index (χ3n) is 2.46. The van der Waals surface area contributed by atoms with Gasteiger partial charge >= 0.3 is 0 Å². The summed E-state index contributed by atoms with van der Waals surface area (Å²) < 4.78 is 4.84. The third-order valence-corrected chi connectivity index (χ3v) is 2.64. The van der Waals surface area contributed by atoms with Crippen molar-refractivity contribution in [3.63, 3.8) is 0 Å². The second kappa shape index (κ2) is 6.56. The molecular weight excluding hydrogens is 270 g/mol. The topological polar surface area (TPSA) is 75.4 Å². The van der Waals surface area contributed by atoms with E-state index in [0.717, 1.165) is 0 Å². The van der Waals surface area contributed by atoms with Crippen molar-refractivity contribution in [3.8, 4) is 0 Å². The number of aromatic nitrogens is 1. The number of hydrogen-bond acceptors (Lipinski definition) is 4. The van der Waals surface area contributed by atoms with Gasteiger partial charge in [-0.25, -0.2) is 0 Å². The fourth-order valence-corrected chi connectivity index (χ4v) is 1.63. The first kappa shape index (κ1) is 15.5. The summed E-state index contributed by atoms with van der Waals surface area (Å²) in [5.41, 5.74) is 0. The van der Waals surface area contributed by atoms with Crippen molar-refractivity contribution < 1.29 is 14.1 Å². The van der Waals surface area contributed by atoms with Crippen LogP contribution in [0.3, 0.4) is 0 Å². The van der Waals surface area contributed by atoms with E-state index < -0.39 is 5.38 Å². The van der Waals surface area contributed by atoms with Crippen LogP contribution in [0.15, 0.2) is 10.6 Å². The molecule has 2 amide bonds. The van der Waals surface area contributed by atoms with Crippen molar-refractivity contribution in [2.75, 3.05) is 11.9 Å². The molecule has 0 saturated heterocycles. The van der Waals surface area contributed by atoms with E-state index in [2.05, 4.69) is 10.5 Å². The van der Waals surface area contributed by atoms with Gasteiger partial charge in [-0.05, 0) is 27.7 Å². The first-order valence-corrected chi connectivity index (χ1v) is 6.42. The maximum Gasteiger partial charge on any atom is 0.245 e. The molecule has 6 nitrogen and oxygen atoms in total. The number of hydrogen-bond donors (Lipinski definition) is 1. The molecule has 106 valence electrons. The lowest BCUT2D eigenvalue weighted by Crippen LogP contribution is -2.45. The molecule has 19 heavy (non-hydrogen) atoms. The van der Waals surface area contributed by atoms with Crippen molar-refractivity contribution in [2.45, 2.75) is 39.1 Å². The lowest BCUT2D eigenvalue weighted by atomic mass is 10.2. The fourth-order valence-electron chi connectivity index (χ4n) is 1.51. The summed E-state index contributed by atoms with van der Waals surface area (Å²) >= 11 is 5.76. The minimum atomic E-state index is -0.663. The number of nitrogens with zero attached hydrogens (tertiary/aromatic N) is 2. The summed E-state index contributed by atoms with van der Waals surface area (Å²) in [5, 5.41) is 5.55. The number of halogens is 1. The minimum Gasteiger partial charge on any atom is -0.360 e. The molecule has 0 aliphatic rings. The first-order valence-electron chi connectivity index (χ1n) is 5.99. The molecular formula is C12H18ClN3O3. The summed E-state index contributed by atoms with van der Waals surface area (Å²) in [5.74, 6) is 0.315. The molecule has 1 heterocycles. The molecule has 1 atom stereocenters. The van der Waals surface area contributed by atoms with E-state index in [1.165, 1.54) is 4.90 Å². The van der Waals surface area contributed by atoms with Gasteiger partial charge in [-0.2, -0.15) is 0 Å². The normalized spacial score (nSPS) is 12.3. The Morgan fingerprint density at radius 3 is 2.53 bits per heavy atom. The zero-order valence-electron chi connectivity index (χ0n) is 11.4. The van der Waals surface area contributed by atoms with Gasteiger partial charge < -0.3 is 14.7 Å². The number of aryl methyl sites for hydroxylation is 1. The van der Waals surface area contributed by atoms with Crippen LogP contribution in [0.5, 0.6) is 0 Å². The quantitative estimate of drug-likeness (QED) is 0.838. The molecule has 1 N–H and O–H groups in total. The second-order valence-electron chi connectivity index (χ2n) is 4.55. The van der Waals surface area contributed by atoms with E-state index in [0.29, 0.717) is 11.6 Å². The number of carbonyl (C=O) groups excluding carboxylic acids is 2. The van der Waals surface area contributed by atoms with Crippen molar-refractivity contribution in [1.82, 2.24) is 10.1 Å². The molecule has 0 spiro atoms. The third kappa shape index (κ3) is 4.55. The van der Waals surface area contributed by atoms with E-state index in [9.17, 15) is 9.59 Å². The molecule has 0 aromatic carbocycles. The van der Waals surface area contributed by atoms with Gasteiger partial charge in [-0.1, -0.05) is 5.16 Å². The van der Waals surface area contributed by atoms with Crippen LogP contribution < -0.4 is 5.32 Å². The highest BCUT2D eigenvalue weighted by atomic mass is 35.5. The van der Waals surface area contributed by atoms with E-state index >= 15 is 0 Å². The van der Waals surface area contributed by atoms with Crippen molar-refractivity contribution >= 4 is 29.2 Å². The number of anilines is 1. The Morgan fingerprint density at radius 2 is 2.11 bits per heavy atom. The molecule has 0 radical (unpaired) electrons. The summed E-state index contributed by atoms with van der Waals surface area (Å²) in [6.07, 6.45) is 0. The van der Waals surface area contributed by atoms with Crippen LogP contribution >= 0.6 is 11.6 Å². The SMILES string of the molecule is Cc1cc(NC(=O)CN(C(=O)C(C)Cl)C(C)C)no1. The fraction of sp³-hybridized carbons (Fsp3) is 0.583. The number of carbonyl (C=O) groups is 2. The predicted molar refractivity (Wildman–Crippen MR) is 72.0 cm³/mol. The lowest BCUT2D eigenvalue weighted by molar-refractivity contribution is -0.135. The zero-order valence-corrected chi connectivity index (χ0v) is 12.2. The highest BCUT2D eigenvalue weighted by Crippen LogP contribution is 2.09. The number of alkyl halides is 1. The van der Waals surface area contributed by atoms with Crippen LogP contribution in [-0.4, -0.2) is 39.8 Å². The Balaban J connectivity index is 2.64. The van der Waals surface area contributed by atoms with Crippen LogP contribution in [0.2, 0.25) is 0 Å². The standard InChI is InChI=1S/C12H18ClN3O3/c1-7(2)16(12(18)9(4)13)6-11(17)14-10-5-8(3)19-15-10/h5,7,9H,6H2,1-4H3,(H,14,15,17). The summed E-state index contributed by atoms with van der Waals surface area (Å²) in [6, 6.07) is 1.49. The average molecular weight is 288 g/mol. The molecule has 0 bridgehead atoms. The molecule has 1 rings (SSSR count). The van der Waals surface area contributed by atoms with Gasteiger partial charge in [-0.3, -0.25) is 9.59 Å². The summed E-state index contributed by atoms with van der Waals surface area (Å²) in [6.45, 7) is 6.88. The Kier molecular flexibility index (Phi) is 5.35.